The highest BCUT2D eigenvalue weighted by Gasteiger charge is 2.16. The Morgan fingerprint density at radius 1 is 1.22 bits per heavy atom. The second kappa shape index (κ2) is 6.11. The Morgan fingerprint density at radius 3 is 2.39 bits per heavy atom. The van der Waals surface area contributed by atoms with Crippen LogP contribution >= 0.6 is 0 Å². The number of nitrogens with zero attached hydrogens (tertiary/aromatic N) is 2. The summed E-state index contributed by atoms with van der Waals surface area (Å²) in [4.78, 5) is 6.50. The second-order valence-corrected chi connectivity index (χ2v) is 4.89. The molecule has 0 N–H and O–H groups in total. The summed E-state index contributed by atoms with van der Waals surface area (Å²) in [5, 5.41) is 0. The Morgan fingerprint density at radius 2 is 1.83 bits per heavy atom. The Hall–Kier alpha value is -1.20. The van der Waals surface area contributed by atoms with Crippen molar-refractivity contribution in [2.45, 2.75) is 19.3 Å². The molecular weight excluding hydrogens is 238 g/mol. The van der Waals surface area contributed by atoms with Gasteiger partial charge in [0.1, 0.15) is 0 Å². The van der Waals surface area contributed by atoms with E-state index in [1.165, 1.54) is 18.4 Å². The molecule has 0 unspecified atom stereocenters. The zero-order valence-corrected chi connectivity index (χ0v) is 10.5. The van der Waals surface area contributed by atoms with Gasteiger partial charge in [0.15, 0.2) is 5.75 Å². The molecule has 0 spiro atoms. The molecule has 100 valence electrons. The number of piperidine rings is 1. The maximum Gasteiger partial charge on any atom is 0.210 e. The molecule has 18 heavy (non-hydrogen) atoms. The average Bonchev–Trinajstić information content (AvgIpc) is 2.34. The predicted octanol–water partition coefficient (Wildman–Crippen LogP) is 2.94. The zero-order chi connectivity index (χ0) is 13.0. The van der Waals surface area contributed by atoms with Gasteiger partial charge in [-0.1, -0.05) is 21.1 Å². The van der Waals surface area contributed by atoms with Gasteiger partial charge in [0.25, 0.3) is 0 Å². The Kier molecular flexibility index (Phi) is 4.49. The third kappa shape index (κ3) is 3.92. The third-order valence-electron chi connectivity index (χ3n) is 3.46. The van der Waals surface area contributed by atoms with Gasteiger partial charge in [-0.15, -0.1) is 0 Å². The number of halogens is 2. The zero-order valence-electron chi connectivity index (χ0n) is 10.5. The first-order valence-electron chi connectivity index (χ1n) is 6.20. The normalized spacial score (nSPS) is 18.2. The molecule has 1 fully saturated rings. The fraction of sp³-hybridized carbons (Fsp3) is 0.538. The lowest BCUT2D eigenvalue weighted by atomic mass is 9.90. The first-order valence-corrected chi connectivity index (χ1v) is 6.20. The van der Waals surface area contributed by atoms with E-state index in [1.807, 2.05) is 12.1 Å². The first-order chi connectivity index (χ1) is 8.63. The topological polar surface area (TPSA) is 15.7 Å². The molecule has 3 nitrogen and oxygen atoms in total. The van der Waals surface area contributed by atoms with E-state index in [-0.39, 0.29) is 5.75 Å². The van der Waals surface area contributed by atoms with Crippen molar-refractivity contribution in [3.8, 4) is 5.75 Å². The van der Waals surface area contributed by atoms with Crippen LogP contribution in [0.15, 0.2) is 24.3 Å². The van der Waals surface area contributed by atoms with E-state index >= 15 is 0 Å². The number of hydrogen-bond donors (Lipinski definition) is 0. The third-order valence-corrected chi connectivity index (χ3v) is 3.46. The van der Waals surface area contributed by atoms with Crippen molar-refractivity contribution in [3.05, 3.63) is 29.8 Å². The fourth-order valence-corrected chi connectivity index (χ4v) is 2.37. The molecule has 1 aliphatic rings. The van der Waals surface area contributed by atoms with Crippen LogP contribution in [-0.2, 0) is 6.42 Å². The van der Waals surface area contributed by atoms with E-state index in [0.29, 0.717) is 5.92 Å². The monoisotopic (exact) mass is 256 g/mol. The van der Waals surface area contributed by atoms with Gasteiger partial charge in [-0.05, 0) is 63.0 Å². The van der Waals surface area contributed by atoms with Crippen LogP contribution in [0, 0.1) is 5.92 Å². The Balaban J connectivity index is 1.86. The van der Waals surface area contributed by atoms with Gasteiger partial charge in [0, 0.05) is 0 Å². The molecule has 0 saturated carbocycles. The summed E-state index contributed by atoms with van der Waals surface area (Å²) in [5.41, 5.74) is -0.104. The molecule has 1 aromatic rings. The highest BCUT2D eigenvalue weighted by molar-refractivity contribution is 5.27. The van der Waals surface area contributed by atoms with Crippen molar-refractivity contribution in [2.24, 2.45) is 5.92 Å². The lowest BCUT2D eigenvalue weighted by Crippen LogP contribution is -2.30. The summed E-state index contributed by atoms with van der Waals surface area (Å²) in [6.07, 6.45) is 3.43. The molecule has 1 aromatic carbocycles. The SMILES string of the molecule is CN1CCC(Cc2ccc(ON(F)F)cc2)CC1. The maximum absolute atomic E-state index is 11.8. The van der Waals surface area contributed by atoms with Crippen molar-refractivity contribution in [1.29, 1.82) is 0 Å². The van der Waals surface area contributed by atoms with Crippen molar-refractivity contribution < 1.29 is 13.8 Å². The highest BCUT2D eigenvalue weighted by atomic mass is 19.4. The molecule has 1 saturated heterocycles. The molecule has 1 heterocycles. The van der Waals surface area contributed by atoms with E-state index < -0.39 is 5.51 Å². The standard InChI is InChI=1S/C13H18F2N2O/c1-16-8-6-12(7-9-16)10-11-2-4-13(5-3-11)18-17(14)15/h2-5,12H,6-10H2,1H3. The molecule has 0 radical (unpaired) electrons. The summed E-state index contributed by atoms with van der Waals surface area (Å²) in [6, 6.07) is 6.88. The van der Waals surface area contributed by atoms with E-state index in [2.05, 4.69) is 16.8 Å². The van der Waals surface area contributed by atoms with Crippen LogP contribution in [0.2, 0.25) is 0 Å². The number of benzene rings is 1. The van der Waals surface area contributed by atoms with Crippen molar-refractivity contribution in [2.75, 3.05) is 20.1 Å². The minimum absolute atomic E-state index is 0.159. The minimum atomic E-state index is -1.29. The summed E-state index contributed by atoms with van der Waals surface area (Å²) in [6.45, 7) is 2.29. The molecule has 0 bridgehead atoms. The molecule has 1 aliphatic heterocycles. The lowest BCUT2D eigenvalue weighted by molar-refractivity contribution is -0.337. The van der Waals surface area contributed by atoms with E-state index in [0.717, 1.165) is 19.5 Å². The second-order valence-electron chi connectivity index (χ2n) is 4.89. The predicted molar refractivity (Wildman–Crippen MR) is 65.1 cm³/mol. The highest BCUT2D eigenvalue weighted by Crippen LogP contribution is 2.22. The van der Waals surface area contributed by atoms with Crippen LogP contribution in [0.4, 0.5) is 8.96 Å². The fourth-order valence-electron chi connectivity index (χ4n) is 2.37. The minimum Gasteiger partial charge on any atom is -0.350 e. The quantitative estimate of drug-likeness (QED) is 0.608. The molecule has 5 heteroatoms. The van der Waals surface area contributed by atoms with Gasteiger partial charge >= 0.3 is 0 Å². The molecule has 0 amide bonds. The van der Waals surface area contributed by atoms with Crippen LogP contribution < -0.4 is 4.84 Å². The largest absolute Gasteiger partial charge is 0.350 e. The van der Waals surface area contributed by atoms with Gasteiger partial charge < -0.3 is 9.74 Å². The summed E-state index contributed by atoms with van der Waals surface area (Å²) >= 11 is 0. The molecule has 0 atom stereocenters. The smallest absolute Gasteiger partial charge is 0.210 e. The summed E-state index contributed by atoms with van der Waals surface area (Å²) < 4.78 is 23.7. The van der Waals surface area contributed by atoms with Gasteiger partial charge in [-0.3, -0.25) is 0 Å². The van der Waals surface area contributed by atoms with Gasteiger partial charge in [-0.25, -0.2) is 0 Å². The van der Waals surface area contributed by atoms with Crippen LogP contribution in [0.3, 0.4) is 0 Å². The van der Waals surface area contributed by atoms with E-state index in [1.54, 1.807) is 12.1 Å². The number of rotatable bonds is 4. The van der Waals surface area contributed by atoms with Gasteiger partial charge in [0.05, 0.1) is 0 Å². The van der Waals surface area contributed by atoms with Crippen LogP contribution in [-0.4, -0.2) is 30.5 Å². The van der Waals surface area contributed by atoms with Crippen molar-refractivity contribution >= 4 is 0 Å². The van der Waals surface area contributed by atoms with E-state index in [9.17, 15) is 8.96 Å². The summed E-state index contributed by atoms with van der Waals surface area (Å²) in [7, 11) is 2.14. The van der Waals surface area contributed by atoms with Crippen LogP contribution in [0.5, 0.6) is 5.75 Å². The molecular formula is C13H18F2N2O. The van der Waals surface area contributed by atoms with Crippen LogP contribution in [0.1, 0.15) is 18.4 Å². The lowest BCUT2D eigenvalue weighted by Gasteiger charge is -2.28. The first kappa shape index (κ1) is 13.2. The average molecular weight is 256 g/mol. The Bertz CT molecular complexity index is 362. The Labute approximate surface area is 106 Å². The van der Waals surface area contributed by atoms with Gasteiger partial charge in [0.2, 0.25) is 5.51 Å². The molecule has 0 aliphatic carbocycles. The molecule has 2 rings (SSSR count). The van der Waals surface area contributed by atoms with Crippen molar-refractivity contribution in [3.63, 3.8) is 0 Å². The number of likely N-dealkylation sites (tertiary alicyclic amines) is 1. The van der Waals surface area contributed by atoms with Crippen molar-refractivity contribution in [1.82, 2.24) is 10.4 Å². The maximum atomic E-state index is 11.8. The molecule has 0 aromatic heterocycles. The van der Waals surface area contributed by atoms with Gasteiger partial charge in [-0.2, -0.15) is 0 Å². The van der Waals surface area contributed by atoms with Crippen LogP contribution in [0.25, 0.3) is 0 Å². The van der Waals surface area contributed by atoms with E-state index in [4.69, 9.17) is 0 Å². The summed E-state index contributed by atoms with van der Waals surface area (Å²) in [5.74, 6) is 0.860. The number of hydrogen-bond acceptors (Lipinski definition) is 3.